The van der Waals surface area contributed by atoms with Crippen molar-refractivity contribution >= 4 is 23.0 Å². The Morgan fingerprint density at radius 2 is 1.75 bits per heavy atom. The second-order valence-corrected chi connectivity index (χ2v) is 9.28. The summed E-state index contributed by atoms with van der Waals surface area (Å²) in [5, 5.41) is 4.20. The van der Waals surface area contributed by atoms with Crippen LogP contribution in [0.4, 0.5) is 5.69 Å². The minimum Gasteiger partial charge on any atom is -0.497 e. The smallest absolute Gasteiger partial charge is 0.231 e. The van der Waals surface area contributed by atoms with Crippen molar-refractivity contribution < 1.29 is 14.2 Å². The Labute approximate surface area is 215 Å². The molecule has 0 saturated carbocycles. The van der Waals surface area contributed by atoms with E-state index in [0.717, 1.165) is 45.7 Å². The van der Waals surface area contributed by atoms with Gasteiger partial charge >= 0.3 is 0 Å². The number of aryl methyl sites for hydroxylation is 1. The number of benzene rings is 2. The number of thiocarbonyl (C=S) groups is 1. The highest BCUT2D eigenvalue weighted by molar-refractivity contribution is 7.80. The number of hydrogen-bond acceptors (Lipinski definition) is 5. The summed E-state index contributed by atoms with van der Waals surface area (Å²) in [5.41, 5.74) is 6.37. The fourth-order valence-electron chi connectivity index (χ4n) is 5.20. The van der Waals surface area contributed by atoms with Crippen LogP contribution >= 0.6 is 12.2 Å². The summed E-state index contributed by atoms with van der Waals surface area (Å²) in [5.74, 6) is 2.33. The van der Waals surface area contributed by atoms with Crippen LogP contribution < -0.4 is 24.4 Å². The van der Waals surface area contributed by atoms with E-state index in [0.29, 0.717) is 5.11 Å². The van der Waals surface area contributed by atoms with Crippen LogP contribution in [0.25, 0.3) is 5.69 Å². The second-order valence-electron chi connectivity index (χ2n) is 8.89. The average Bonchev–Trinajstić information content (AvgIpc) is 3.59. The van der Waals surface area contributed by atoms with Gasteiger partial charge in [-0.1, -0.05) is 6.07 Å². The normalized spacial score (nSPS) is 18.4. The SMILES string of the molecule is COc1ccc(N2C(=S)N[C@H](c3ccccn3)[C@@H]2c2cc(C)n(-c3ccc4c(c3)OCO4)c2C)cc1. The van der Waals surface area contributed by atoms with Crippen molar-refractivity contribution in [3.05, 3.63) is 95.6 Å². The molecule has 6 rings (SSSR count). The van der Waals surface area contributed by atoms with E-state index in [1.165, 1.54) is 5.56 Å². The molecular weight excluding hydrogens is 472 g/mol. The maximum absolute atomic E-state index is 5.89. The van der Waals surface area contributed by atoms with Gasteiger partial charge in [-0.25, -0.2) is 0 Å². The number of rotatable bonds is 5. The Bertz CT molecular complexity index is 1440. The maximum Gasteiger partial charge on any atom is 0.231 e. The van der Waals surface area contributed by atoms with E-state index in [9.17, 15) is 0 Å². The Kier molecular flexibility index (Phi) is 5.53. The van der Waals surface area contributed by atoms with Gasteiger partial charge in [0, 0.05) is 35.0 Å². The van der Waals surface area contributed by atoms with Crippen molar-refractivity contribution in [3.8, 4) is 22.9 Å². The minimum absolute atomic E-state index is 0.102. The fourth-order valence-corrected chi connectivity index (χ4v) is 5.55. The molecule has 0 aliphatic carbocycles. The van der Waals surface area contributed by atoms with Gasteiger partial charge in [-0.15, -0.1) is 0 Å². The molecule has 7 nitrogen and oxygen atoms in total. The highest BCUT2D eigenvalue weighted by atomic mass is 32.1. The van der Waals surface area contributed by atoms with Crippen molar-refractivity contribution in [1.82, 2.24) is 14.9 Å². The molecule has 182 valence electrons. The topological polar surface area (TPSA) is 60.8 Å². The molecule has 4 heterocycles. The van der Waals surface area contributed by atoms with Gasteiger partial charge in [0.2, 0.25) is 6.79 Å². The van der Waals surface area contributed by atoms with E-state index >= 15 is 0 Å². The molecule has 1 fully saturated rings. The van der Waals surface area contributed by atoms with Gasteiger partial charge in [0.25, 0.3) is 0 Å². The van der Waals surface area contributed by atoms with Gasteiger partial charge < -0.3 is 29.0 Å². The Morgan fingerprint density at radius 1 is 0.972 bits per heavy atom. The molecular formula is C28H26N4O3S. The van der Waals surface area contributed by atoms with E-state index < -0.39 is 0 Å². The van der Waals surface area contributed by atoms with Gasteiger partial charge in [0.15, 0.2) is 16.6 Å². The number of nitrogens with one attached hydrogen (secondary N) is 1. The van der Waals surface area contributed by atoms with Gasteiger partial charge in [0.05, 0.1) is 24.9 Å². The monoisotopic (exact) mass is 498 g/mol. The van der Waals surface area contributed by atoms with Crippen molar-refractivity contribution in [2.75, 3.05) is 18.8 Å². The molecule has 36 heavy (non-hydrogen) atoms. The van der Waals surface area contributed by atoms with Crippen LogP contribution in [-0.4, -0.2) is 28.6 Å². The van der Waals surface area contributed by atoms with Crippen LogP contribution in [0.15, 0.2) is 72.9 Å². The Hall–Kier alpha value is -4.04. The van der Waals surface area contributed by atoms with Crippen LogP contribution in [-0.2, 0) is 0 Å². The molecule has 8 heteroatoms. The number of pyridine rings is 1. The van der Waals surface area contributed by atoms with Crippen LogP contribution in [0.5, 0.6) is 17.2 Å². The largest absolute Gasteiger partial charge is 0.497 e. The molecule has 0 radical (unpaired) electrons. The molecule has 0 unspecified atom stereocenters. The Morgan fingerprint density at radius 3 is 2.50 bits per heavy atom. The quantitative estimate of drug-likeness (QED) is 0.370. The molecule has 4 aromatic rings. The second kappa shape index (κ2) is 8.87. The molecule has 2 aromatic carbocycles. The third-order valence-corrected chi connectivity index (χ3v) is 7.17. The van der Waals surface area contributed by atoms with Crippen molar-refractivity contribution in [3.63, 3.8) is 0 Å². The highest BCUT2D eigenvalue weighted by Crippen LogP contribution is 2.44. The molecule has 2 aliphatic rings. The first-order chi connectivity index (χ1) is 17.5. The van der Waals surface area contributed by atoms with E-state index in [1.54, 1.807) is 7.11 Å². The lowest BCUT2D eigenvalue weighted by Gasteiger charge is -2.28. The lowest BCUT2D eigenvalue weighted by Crippen LogP contribution is -2.29. The summed E-state index contributed by atoms with van der Waals surface area (Å²) in [4.78, 5) is 6.86. The average molecular weight is 499 g/mol. The first-order valence-corrected chi connectivity index (χ1v) is 12.2. The van der Waals surface area contributed by atoms with Crippen molar-refractivity contribution in [1.29, 1.82) is 0 Å². The first kappa shape index (κ1) is 22.4. The summed E-state index contributed by atoms with van der Waals surface area (Å²) in [6.45, 7) is 4.52. The number of hydrogen-bond donors (Lipinski definition) is 1. The summed E-state index contributed by atoms with van der Waals surface area (Å²) in [6, 6.07) is 22.0. The Balaban J connectivity index is 1.48. The number of methoxy groups -OCH3 is 1. The zero-order chi connectivity index (χ0) is 24.8. The number of anilines is 1. The highest BCUT2D eigenvalue weighted by Gasteiger charge is 2.42. The van der Waals surface area contributed by atoms with E-state index in [-0.39, 0.29) is 18.9 Å². The molecule has 1 N–H and O–H groups in total. The van der Waals surface area contributed by atoms with Crippen LogP contribution in [0, 0.1) is 13.8 Å². The van der Waals surface area contributed by atoms with Crippen molar-refractivity contribution in [2.24, 2.45) is 0 Å². The molecule has 0 spiro atoms. The summed E-state index contributed by atoms with van der Waals surface area (Å²) >= 11 is 5.89. The summed E-state index contributed by atoms with van der Waals surface area (Å²) in [7, 11) is 1.67. The zero-order valence-corrected chi connectivity index (χ0v) is 21.1. The van der Waals surface area contributed by atoms with E-state index in [4.69, 9.17) is 26.4 Å². The van der Waals surface area contributed by atoms with Gasteiger partial charge in [0.1, 0.15) is 5.75 Å². The number of ether oxygens (including phenoxy) is 3. The molecule has 0 bridgehead atoms. The summed E-state index contributed by atoms with van der Waals surface area (Å²) in [6.07, 6.45) is 1.82. The lowest BCUT2D eigenvalue weighted by atomic mass is 9.96. The maximum atomic E-state index is 5.89. The third kappa shape index (κ3) is 3.65. The van der Waals surface area contributed by atoms with E-state index in [1.807, 2.05) is 60.8 Å². The van der Waals surface area contributed by atoms with E-state index in [2.05, 4.69) is 45.7 Å². The predicted molar refractivity (Wildman–Crippen MR) is 142 cm³/mol. The first-order valence-electron chi connectivity index (χ1n) is 11.8. The molecule has 1 saturated heterocycles. The minimum atomic E-state index is -0.119. The molecule has 2 aliphatic heterocycles. The standard InChI is InChI=1S/C28H26N4O3S/c1-17-14-22(18(2)31(17)20-9-12-24-25(15-20)35-16-34-24)27-26(23-6-4-5-13-29-23)30-28(36)32(27)19-7-10-21(33-3)11-8-19/h4-15,26-27H,16H2,1-3H3,(H,30,36)/t26-,27+/m1/s1. The van der Waals surface area contributed by atoms with Gasteiger partial charge in [-0.2, -0.15) is 0 Å². The number of aromatic nitrogens is 2. The predicted octanol–water partition coefficient (Wildman–Crippen LogP) is 5.40. The molecule has 2 atom stereocenters. The third-order valence-electron chi connectivity index (χ3n) is 6.85. The molecule has 0 amide bonds. The zero-order valence-electron chi connectivity index (χ0n) is 20.3. The van der Waals surface area contributed by atoms with Gasteiger partial charge in [-0.05, 0) is 86.2 Å². The summed E-state index contributed by atoms with van der Waals surface area (Å²) < 4.78 is 18.8. The lowest BCUT2D eigenvalue weighted by molar-refractivity contribution is 0.174. The number of fused-ring (bicyclic) bond motifs is 1. The van der Waals surface area contributed by atoms with Crippen LogP contribution in [0.1, 0.15) is 34.7 Å². The van der Waals surface area contributed by atoms with Crippen LogP contribution in [0.2, 0.25) is 0 Å². The fraction of sp³-hybridized carbons (Fsp3) is 0.214. The number of nitrogens with zero attached hydrogens (tertiary/aromatic N) is 3. The van der Waals surface area contributed by atoms with Gasteiger partial charge in [-0.3, -0.25) is 4.98 Å². The van der Waals surface area contributed by atoms with Crippen molar-refractivity contribution in [2.45, 2.75) is 25.9 Å². The molecule has 2 aromatic heterocycles. The van der Waals surface area contributed by atoms with Crippen LogP contribution in [0.3, 0.4) is 0 Å².